The van der Waals surface area contributed by atoms with Gasteiger partial charge in [-0.25, -0.2) is 4.98 Å². The zero-order valence-electron chi connectivity index (χ0n) is 13.7. The lowest BCUT2D eigenvalue weighted by Crippen LogP contribution is -2.10. The van der Waals surface area contributed by atoms with Crippen molar-refractivity contribution in [2.45, 2.75) is 33.2 Å². The van der Waals surface area contributed by atoms with Crippen LogP contribution in [0.3, 0.4) is 0 Å². The van der Waals surface area contributed by atoms with Crippen LogP contribution in [0.5, 0.6) is 0 Å². The molecule has 3 rings (SSSR count). The van der Waals surface area contributed by atoms with Gasteiger partial charge in [0.15, 0.2) is 0 Å². The molecule has 0 unspecified atom stereocenters. The normalized spacial score (nSPS) is 11.1. The standard InChI is InChI=1S/C19H21N3O/c1-12(2)15-6-4-14(5-7-15)11-20-16-8-9-18-17(10-16)19(23)22-13(3)21-18/h4-10,12,20H,11H2,1-3H3,(H,21,22,23). The quantitative estimate of drug-likeness (QED) is 0.767. The first kappa shape index (κ1) is 15.3. The average Bonchev–Trinajstić information content (AvgIpc) is 2.53. The number of rotatable bonds is 4. The van der Waals surface area contributed by atoms with Gasteiger partial charge >= 0.3 is 0 Å². The summed E-state index contributed by atoms with van der Waals surface area (Å²) in [5.74, 6) is 1.17. The lowest BCUT2D eigenvalue weighted by atomic mass is 10.0. The minimum atomic E-state index is -0.0996. The van der Waals surface area contributed by atoms with Gasteiger partial charge in [0.05, 0.1) is 10.9 Å². The summed E-state index contributed by atoms with van der Waals surface area (Å²) in [6.45, 7) is 6.89. The van der Waals surface area contributed by atoms with Crippen LogP contribution < -0.4 is 10.9 Å². The molecule has 0 bridgehead atoms. The Hall–Kier alpha value is -2.62. The zero-order valence-corrected chi connectivity index (χ0v) is 13.7. The van der Waals surface area contributed by atoms with E-state index in [1.54, 1.807) is 6.92 Å². The monoisotopic (exact) mass is 307 g/mol. The molecule has 2 N–H and O–H groups in total. The third kappa shape index (κ3) is 3.42. The van der Waals surface area contributed by atoms with E-state index in [1.807, 2.05) is 18.2 Å². The summed E-state index contributed by atoms with van der Waals surface area (Å²) >= 11 is 0. The molecule has 0 aliphatic rings. The summed E-state index contributed by atoms with van der Waals surface area (Å²) in [6, 6.07) is 14.3. The maximum absolute atomic E-state index is 12.0. The van der Waals surface area contributed by atoms with E-state index in [0.717, 1.165) is 17.7 Å². The third-order valence-corrected chi connectivity index (χ3v) is 3.97. The van der Waals surface area contributed by atoms with Crippen LogP contribution in [0, 0.1) is 6.92 Å². The van der Waals surface area contributed by atoms with Crippen LogP contribution in [0.25, 0.3) is 10.9 Å². The summed E-state index contributed by atoms with van der Waals surface area (Å²) in [6.07, 6.45) is 0. The Bertz CT molecular complexity index is 879. The Morgan fingerprint density at radius 3 is 2.57 bits per heavy atom. The van der Waals surface area contributed by atoms with E-state index in [2.05, 4.69) is 53.4 Å². The van der Waals surface area contributed by atoms with E-state index in [4.69, 9.17) is 0 Å². The van der Waals surface area contributed by atoms with Crippen molar-refractivity contribution in [3.63, 3.8) is 0 Å². The van der Waals surface area contributed by atoms with Crippen molar-refractivity contribution in [3.05, 3.63) is 69.8 Å². The molecule has 0 saturated heterocycles. The molecule has 0 fully saturated rings. The van der Waals surface area contributed by atoms with Gasteiger partial charge in [-0.2, -0.15) is 0 Å². The number of H-pyrrole nitrogens is 1. The van der Waals surface area contributed by atoms with Crippen molar-refractivity contribution in [1.82, 2.24) is 9.97 Å². The highest BCUT2D eigenvalue weighted by Crippen LogP contribution is 2.17. The van der Waals surface area contributed by atoms with Gasteiger partial charge in [0.25, 0.3) is 5.56 Å². The molecule has 0 atom stereocenters. The summed E-state index contributed by atoms with van der Waals surface area (Å²) in [7, 11) is 0. The number of hydrogen-bond acceptors (Lipinski definition) is 3. The molecular formula is C19H21N3O. The van der Waals surface area contributed by atoms with Crippen LogP contribution in [0.4, 0.5) is 5.69 Å². The topological polar surface area (TPSA) is 57.8 Å². The fourth-order valence-electron chi connectivity index (χ4n) is 2.59. The number of hydrogen-bond donors (Lipinski definition) is 2. The minimum Gasteiger partial charge on any atom is -0.381 e. The SMILES string of the molecule is Cc1nc2ccc(NCc3ccc(C(C)C)cc3)cc2c(=O)[nH]1. The lowest BCUT2D eigenvalue weighted by molar-refractivity contribution is 0.865. The Balaban J connectivity index is 1.78. The number of fused-ring (bicyclic) bond motifs is 1. The molecule has 0 saturated carbocycles. The van der Waals surface area contributed by atoms with Gasteiger partial charge in [-0.15, -0.1) is 0 Å². The van der Waals surface area contributed by atoms with E-state index in [0.29, 0.717) is 17.1 Å². The molecule has 1 heterocycles. The number of benzene rings is 2. The maximum Gasteiger partial charge on any atom is 0.258 e. The highest BCUT2D eigenvalue weighted by atomic mass is 16.1. The number of aromatic nitrogens is 2. The average molecular weight is 307 g/mol. The van der Waals surface area contributed by atoms with Crippen LogP contribution in [0.2, 0.25) is 0 Å². The van der Waals surface area contributed by atoms with E-state index < -0.39 is 0 Å². The highest BCUT2D eigenvalue weighted by molar-refractivity contribution is 5.81. The van der Waals surface area contributed by atoms with Gasteiger partial charge in [0.1, 0.15) is 5.82 Å². The second-order valence-corrected chi connectivity index (χ2v) is 6.13. The van der Waals surface area contributed by atoms with Crippen LogP contribution in [0.15, 0.2) is 47.3 Å². The van der Waals surface area contributed by atoms with Crippen LogP contribution in [0.1, 0.15) is 36.7 Å². The Kier molecular flexibility index (Phi) is 4.15. The second-order valence-electron chi connectivity index (χ2n) is 6.13. The van der Waals surface area contributed by atoms with Crippen molar-refractivity contribution in [1.29, 1.82) is 0 Å². The molecule has 4 nitrogen and oxygen atoms in total. The molecule has 4 heteroatoms. The van der Waals surface area contributed by atoms with Crippen molar-refractivity contribution in [2.75, 3.05) is 5.32 Å². The molecule has 23 heavy (non-hydrogen) atoms. The first-order valence-electron chi connectivity index (χ1n) is 7.86. The molecule has 118 valence electrons. The maximum atomic E-state index is 12.0. The smallest absolute Gasteiger partial charge is 0.258 e. The predicted molar refractivity (Wildman–Crippen MR) is 95.0 cm³/mol. The molecule has 1 aromatic heterocycles. The van der Waals surface area contributed by atoms with Gasteiger partial charge in [-0.1, -0.05) is 38.1 Å². The van der Waals surface area contributed by atoms with Crippen LogP contribution >= 0.6 is 0 Å². The first-order valence-corrected chi connectivity index (χ1v) is 7.86. The van der Waals surface area contributed by atoms with Gasteiger partial charge in [0, 0.05) is 12.2 Å². The van der Waals surface area contributed by atoms with Crippen molar-refractivity contribution in [2.24, 2.45) is 0 Å². The zero-order chi connectivity index (χ0) is 16.4. The number of nitrogens with one attached hydrogen (secondary N) is 2. The van der Waals surface area contributed by atoms with Gasteiger partial charge in [-0.3, -0.25) is 4.79 Å². The number of anilines is 1. The fraction of sp³-hybridized carbons (Fsp3) is 0.263. The number of nitrogens with zero attached hydrogens (tertiary/aromatic N) is 1. The van der Waals surface area contributed by atoms with E-state index in [-0.39, 0.29) is 5.56 Å². The molecule has 0 radical (unpaired) electrons. The van der Waals surface area contributed by atoms with Gasteiger partial charge in [-0.05, 0) is 42.2 Å². The van der Waals surface area contributed by atoms with Crippen LogP contribution in [-0.2, 0) is 6.54 Å². The van der Waals surface area contributed by atoms with Crippen molar-refractivity contribution in [3.8, 4) is 0 Å². The fourth-order valence-corrected chi connectivity index (χ4v) is 2.59. The van der Waals surface area contributed by atoms with E-state index in [1.165, 1.54) is 11.1 Å². The van der Waals surface area contributed by atoms with Gasteiger partial charge < -0.3 is 10.3 Å². The number of aromatic amines is 1. The highest BCUT2D eigenvalue weighted by Gasteiger charge is 2.03. The summed E-state index contributed by atoms with van der Waals surface area (Å²) in [5.41, 5.74) is 4.09. The summed E-state index contributed by atoms with van der Waals surface area (Å²) in [4.78, 5) is 19.1. The summed E-state index contributed by atoms with van der Waals surface area (Å²) in [5, 5.41) is 3.97. The molecular weight excluding hydrogens is 286 g/mol. The minimum absolute atomic E-state index is 0.0996. The second kappa shape index (κ2) is 6.24. The molecule has 3 aromatic rings. The molecule has 0 aliphatic carbocycles. The molecule has 0 amide bonds. The van der Waals surface area contributed by atoms with Crippen molar-refractivity contribution < 1.29 is 0 Å². The van der Waals surface area contributed by atoms with Gasteiger partial charge in [0.2, 0.25) is 0 Å². The first-order chi connectivity index (χ1) is 11.0. The molecule has 0 spiro atoms. The summed E-state index contributed by atoms with van der Waals surface area (Å²) < 4.78 is 0. The van der Waals surface area contributed by atoms with Crippen LogP contribution in [-0.4, -0.2) is 9.97 Å². The number of aryl methyl sites for hydroxylation is 1. The van der Waals surface area contributed by atoms with E-state index >= 15 is 0 Å². The Morgan fingerprint density at radius 2 is 1.87 bits per heavy atom. The van der Waals surface area contributed by atoms with Crippen molar-refractivity contribution >= 4 is 16.6 Å². The Labute approximate surface area is 135 Å². The predicted octanol–water partition coefficient (Wildman–Crippen LogP) is 3.97. The third-order valence-electron chi connectivity index (χ3n) is 3.97. The Morgan fingerprint density at radius 1 is 1.13 bits per heavy atom. The largest absolute Gasteiger partial charge is 0.381 e. The van der Waals surface area contributed by atoms with E-state index in [9.17, 15) is 4.79 Å². The molecule has 2 aromatic carbocycles. The lowest BCUT2D eigenvalue weighted by Gasteiger charge is -2.09. The molecule has 0 aliphatic heterocycles.